The van der Waals surface area contributed by atoms with Crippen molar-refractivity contribution in [2.24, 2.45) is 0 Å². The van der Waals surface area contributed by atoms with Crippen molar-refractivity contribution >= 4 is 17.7 Å². The van der Waals surface area contributed by atoms with Crippen LogP contribution in [0.5, 0.6) is 0 Å². The third-order valence-electron chi connectivity index (χ3n) is 1.97. The summed E-state index contributed by atoms with van der Waals surface area (Å²) in [4.78, 5) is 8.14. The molecule has 0 saturated heterocycles. The lowest BCUT2D eigenvalue weighted by atomic mass is 10.6. The van der Waals surface area contributed by atoms with Gasteiger partial charge >= 0.3 is 0 Å². The molecule has 2 heterocycles. The van der Waals surface area contributed by atoms with Gasteiger partial charge in [-0.25, -0.2) is 10.1 Å². The standard InChI is InChI=1S/C8H12N6S/c1-6-10-2-3-14(6)4-5-15-8-11-7(9)12-13-8/h2-3H,4-5H2,1H3,(H3,9,11,12,13). The molecule has 0 unspecified atom stereocenters. The van der Waals surface area contributed by atoms with Crippen LogP contribution in [0.25, 0.3) is 0 Å². The van der Waals surface area contributed by atoms with Crippen LogP contribution in [0, 0.1) is 6.92 Å². The van der Waals surface area contributed by atoms with Gasteiger partial charge in [0.2, 0.25) is 11.1 Å². The van der Waals surface area contributed by atoms with Gasteiger partial charge in [0.05, 0.1) is 0 Å². The maximum Gasteiger partial charge on any atom is 0.216 e. The van der Waals surface area contributed by atoms with Crippen LogP contribution >= 0.6 is 11.8 Å². The number of anilines is 1. The summed E-state index contributed by atoms with van der Waals surface area (Å²) in [5.74, 6) is 2.27. The number of nitrogen functional groups attached to an aromatic ring is 1. The number of hydrogen-bond donors (Lipinski definition) is 2. The van der Waals surface area contributed by atoms with E-state index in [1.807, 2.05) is 13.1 Å². The number of imidazole rings is 1. The minimum atomic E-state index is 0.358. The van der Waals surface area contributed by atoms with Crippen LogP contribution < -0.4 is 5.73 Å². The highest BCUT2D eigenvalue weighted by atomic mass is 32.2. The number of aromatic amines is 1. The van der Waals surface area contributed by atoms with Gasteiger partial charge in [-0.05, 0) is 6.92 Å². The third kappa shape index (κ3) is 2.50. The largest absolute Gasteiger partial charge is 0.368 e. The first kappa shape index (κ1) is 10.0. The van der Waals surface area contributed by atoms with Crippen molar-refractivity contribution in [3.63, 3.8) is 0 Å². The summed E-state index contributed by atoms with van der Waals surface area (Å²) in [6.07, 6.45) is 3.76. The fourth-order valence-electron chi connectivity index (χ4n) is 1.20. The van der Waals surface area contributed by atoms with Crippen molar-refractivity contribution < 1.29 is 0 Å². The number of aryl methyl sites for hydroxylation is 2. The highest BCUT2D eigenvalue weighted by Crippen LogP contribution is 2.13. The molecule has 0 aliphatic carbocycles. The van der Waals surface area contributed by atoms with Crippen LogP contribution in [0.15, 0.2) is 17.6 Å². The smallest absolute Gasteiger partial charge is 0.216 e. The molecule has 7 heteroatoms. The molecule has 0 saturated carbocycles. The third-order valence-corrected chi connectivity index (χ3v) is 2.80. The first-order valence-electron chi connectivity index (χ1n) is 4.54. The van der Waals surface area contributed by atoms with Gasteiger partial charge in [0.1, 0.15) is 5.82 Å². The first-order chi connectivity index (χ1) is 7.25. The zero-order valence-corrected chi connectivity index (χ0v) is 9.16. The molecule has 80 valence electrons. The van der Waals surface area contributed by atoms with Gasteiger partial charge in [0.15, 0.2) is 0 Å². The molecule has 0 aliphatic rings. The van der Waals surface area contributed by atoms with Crippen molar-refractivity contribution in [2.75, 3.05) is 11.5 Å². The minimum Gasteiger partial charge on any atom is -0.368 e. The van der Waals surface area contributed by atoms with Gasteiger partial charge in [0, 0.05) is 24.7 Å². The molecule has 0 radical (unpaired) electrons. The Hall–Kier alpha value is -1.50. The Bertz CT molecular complexity index is 434. The number of nitrogens with one attached hydrogen (secondary N) is 1. The van der Waals surface area contributed by atoms with E-state index in [2.05, 4.69) is 24.7 Å². The summed E-state index contributed by atoms with van der Waals surface area (Å²) < 4.78 is 2.09. The molecule has 0 aromatic carbocycles. The summed E-state index contributed by atoms with van der Waals surface area (Å²) in [5.41, 5.74) is 5.41. The van der Waals surface area contributed by atoms with E-state index in [-0.39, 0.29) is 0 Å². The summed E-state index contributed by atoms with van der Waals surface area (Å²) in [6.45, 7) is 2.88. The number of nitrogens with zero attached hydrogens (tertiary/aromatic N) is 4. The van der Waals surface area contributed by atoms with E-state index >= 15 is 0 Å². The Balaban J connectivity index is 1.83. The quantitative estimate of drug-likeness (QED) is 0.746. The fraction of sp³-hybridized carbons (Fsp3) is 0.375. The zero-order chi connectivity index (χ0) is 10.7. The Morgan fingerprint density at radius 2 is 2.47 bits per heavy atom. The predicted molar refractivity (Wildman–Crippen MR) is 58.5 cm³/mol. The molecular weight excluding hydrogens is 212 g/mol. The lowest BCUT2D eigenvalue weighted by Gasteiger charge is -2.02. The molecule has 2 aromatic heterocycles. The molecule has 3 N–H and O–H groups in total. The Kier molecular flexibility index (Phi) is 2.91. The van der Waals surface area contributed by atoms with Crippen molar-refractivity contribution in [1.82, 2.24) is 24.7 Å². The molecule has 0 spiro atoms. The maximum absolute atomic E-state index is 5.41. The van der Waals surface area contributed by atoms with Gasteiger partial charge in [-0.3, -0.25) is 0 Å². The highest BCUT2D eigenvalue weighted by molar-refractivity contribution is 7.99. The number of hydrogen-bond acceptors (Lipinski definition) is 5. The Morgan fingerprint density at radius 3 is 3.07 bits per heavy atom. The second-order valence-corrected chi connectivity index (χ2v) is 4.08. The van der Waals surface area contributed by atoms with E-state index in [0.29, 0.717) is 11.1 Å². The van der Waals surface area contributed by atoms with E-state index in [0.717, 1.165) is 18.1 Å². The number of nitrogens with two attached hydrogens (primary N) is 1. The number of rotatable bonds is 4. The van der Waals surface area contributed by atoms with Gasteiger partial charge in [0.25, 0.3) is 0 Å². The molecule has 0 aliphatic heterocycles. The normalized spacial score (nSPS) is 10.7. The lowest BCUT2D eigenvalue weighted by Crippen LogP contribution is -2.01. The summed E-state index contributed by atoms with van der Waals surface area (Å²) in [6, 6.07) is 0. The van der Waals surface area contributed by atoms with Crippen LogP contribution in [0.4, 0.5) is 5.95 Å². The second-order valence-electron chi connectivity index (χ2n) is 3.02. The molecule has 6 nitrogen and oxygen atoms in total. The maximum atomic E-state index is 5.41. The van der Waals surface area contributed by atoms with Crippen LogP contribution in [-0.2, 0) is 6.54 Å². The Labute approximate surface area is 91.3 Å². The molecule has 2 aromatic rings. The molecule has 0 bridgehead atoms. The fourth-order valence-corrected chi connectivity index (χ4v) is 1.94. The van der Waals surface area contributed by atoms with Gasteiger partial charge in [-0.15, -0.1) is 5.10 Å². The Morgan fingerprint density at radius 1 is 1.60 bits per heavy atom. The highest BCUT2D eigenvalue weighted by Gasteiger charge is 2.01. The van der Waals surface area contributed by atoms with Crippen LogP contribution in [0.2, 0.25) is 0 Å². The van der Waals surface area contributed by atoms with Crippen LogP contribution in [-0.4, -0.2) is 30.5 Å². The molecule has 2 rings (SSSR count). The zero-order valence-electron chi connectivity index (χ0n) is 8.34. The average Bonchev–Trinajstić information content (AvgIpc) is 2.77. The monoisotopic (exact) mass is 224 g/mol. The van der Waals surface area contributed by atoms with Crippen molar-refractivity contribution in [2.45, 2.75) is 18.6 Å². The van der Waals surface area contributed by atoms with Gasteiger partial charge in [-0.2, -0.15) is 4.98 Å². The van der Waals surface area contributed by atoms with E-state index in [9.17, 15) is 0 Å². The molecule has 0 fully saturated rings. The van der Waals surface area contributed by atoms with Crippen molar-refractivity contribution in [1.29, 1.82) is 0 Å². The molecular formula is C8H12N6S. The van der Waals surface area contributed by atoms with E-state index < -0.39 is 0 Å². The lowest BCUT2D eigenvalue weighted by molar-refractivity contribution is 0.737. The van der Waals surface area contributed by atoms with Gasteiger partial charge < -0.3 is 10.3 Å². The molecule has 0 atom stereocenters. The van der Waals surface area contributed by atoms with E-state index in [1.54, 1.807) is 18.0 Å². The average molecular weight is 224 g/mol. The van der Waals surface area contributed by atoms with E-state index in [4.69, 9.17) is 5.73 Å². The summed E-state index contributed by atoms with van der Waals surface area (Å²) in [7, 11) is 0. The van der Waals surface area contributed by atoms with Crippen LogP contribution in [0.1, 0.15) is 5.82 Å². The minimum absolute atomic E-state index is 0.358. The van der Waals surface area contributed by atoms with E-state index in [1.165, 1.54) is 0 Å². The van der Waals surface area contributed by atoms with Crippen LogP contribution in [0.3, 0.4) is 0 Å². The first-order valence-corrected chi connectivity index (χ1v) is 5.52. The molecule has 0 amide bonds. The second kappa shape index (κ2) is 4.35. The number of aromatic nitrogens is 5. The number of thioether (sulfide) groups is 1. The molecule has 15 heavy (non-hydrogen) atoms. The predicted octanol–water partition coefficient (Wildman–Crippen LogP) is 0.684. The van der Waals surface area contributed by atoms with Crippen molar-refractivity contribution in [3.8, 4) is 0 Å². The topological polar surface area (TPSA) is 85.4 Å². The van der Waals surface area contributed by atoms with Crippen molar-refractivity contribution in [3.05, 3.63) is 18.2 Å². The SMILES string of the molecule is Cc1nccn1CCSc1n[nH]c(N)n1. The number of H-pyrrole nitrogens is 1. The summed E-state index contributed by atoms with van der Waals surface area (Å²) in [5, 5.41) is 7.22. The summed E-state index contributed by atoms with van der Waals surface area (Å²) >= 11 is 1.57. The van der Waals surface area contributed by atoms with Gasteiger partial charge in [-0.1, -0.05) is 11.8 Å².